The average Bonchev–Trinajstić information content (AvgIpc) is 3.11. The van der Waals surface area contributed by atoms with E-state index < -0.39 is 18.1 Å². The first-order valence-electron chi connectivity index (χ1n) is 7.16. The molecular formula is C13H21N3O4S. The summed E-state index contributed by atoms with van der Waals surface area (Å²) in [6, 6.07) is -1.62. The van der Waals surface area contributed by atoms with Crippen molar-refractivity contribution in [2.75, 3.05) is 19.3 Å². The largest absolute Gasteiger partial charge is 0.480 e. The first kappa shape index (κ1) is 15.9. The van der Waals surface area contributed by atoms with Gasteiger partial charge in [-0.05, 0) is 19.3 Å². The van der Waals surface area contributed by atoms with E-state index in [4.69, 9.17) is 0 Å². The molecule has 3 atom stereocenters. The molecule has 0 bridgehead atoms. The van der Waals surface area contributed by atoms with Gasteiger partial charge in [-0.1, -0.05) is 6.92 Å². The molecule has 3 amide bonds. The van der Waals surface area contributed by atoms with Crippen LogP contribution in [0.1, 0.15) is 26.2 Å². The summed E-state index contributed by atoms with van der Waals surface area (Å²) < 4.78 is 0. The van der Waals surface area contributed by atoms with Gasteiger partial charge in [-0.2, -0.15) is 0 Å². The first-order chi connectivity index (χ1) is 10.0. The van der Waals surface area contributed by atoms with Crippen molar-refractivity contribution >= 4 is 29.7 Å². The molecule has 0 aromatic rings. The number of hydrogen-bond acceptors (Lipinski definition) is 4. The van der Waals surface area contributed by atoms with Gasteiger partial charge in [-0.25, -0.2) is 9.59 Å². The van der Waals surface area contributed by atoms with Crippen LogP contribution in [0, 0.1) is 0 Å². The van der Waals surface area contributed by atoms with Gasteiger partial charge in [0, 0.05) is 19.3 Å². The zero-order valence-electron chi connectivity index (χ0n) is 12.2. The highest BCUT2D eigenvalue weighted by Crippen LogP contribution is 2.33. The van der Waals surface area contributed by atoms with E-state index in [-0.39, 0.29) is 17.3 Å². The Balaban J connectivity index is 2.19. The van der Waals surface area contributed by atoms with Crippen molar-refractivity contribution in [1.82, 2.24) is 15.1 Å². The molecule has 0 aromatic carbocycles. The van der Waals surface area contributed by atoms with E-state index in [1.54, 1.807) is 7.05 Å². The number of amides is 3. The molecule has 0 radical (unpaired) electrons. The fraction of sp³-hybridized carbons (Fsp3) is 0.769. The second-order valence-corrected chi connectivity index (χ2v) is 6.42. The number of nitrogens with zero attached hydrogens (tertiary/aromatic N) is 2. The molecule has 2 aliphatic rings. The van der Waals surface area contributed by atoms with Crippen molar-refractivity contribution in [3.63, 3.8) is 0 Å². The van der Waals surface area contributed by atoms with Gasteiger partial charge in [0.05, 0.1) is 5.37 Å². The molecule has 118 valence electrons. The standard InChI is InChI=1S/C13H21N3O4S/c1-3-10-16(9(7-21-10)12(18)19)13(20)15-6-4-5-8(15)11(17)14-2/h8-10H,3-7H2,1-2H3,(H,14,17)(H,18,19). The van der Waals surface area contributed by atoms with Crippen LogP contribution in [0.4, 0.5) is 4.79 Å². The predicted molar refractivity (Wildman–Crippen MR) is 79.0 cm³/mol. The third-order valence-electron chi connectivity index (χ3n) is 4.00. The summed E-state index contributed by atoms with van der Waals surface area (Å²) in [5.74, 6) is -0.770. The Morgan fingerprint density at radius 1 is 1.33 bits per heavy atom. The molecule has 8 heteroatoms. The van der Waals surface area contributed by atoms with Crippen LogP contribution >= 0.6 is 11.8 Å². The van der Waals surface area contributed by atoms with Gasteiger partial charge in [0.15, 0.2) is 0 Å². The van der Waals surface area contributed by atoms with Gasteiger partial charge < -0.3 is 15.3 Å². The molecule has 2 heterocycles. The second kappa shape index (κ2) is 6.55. The Morgan fingerprint density at radius 3 is 2.62 bits per heavy atom. The van der Waals surface area contributed by atoms with E-state index in [9.17, 15) is 19.5 Å². The van der Waals surface area contributed by atoms with Gasteiger partial charge >= 0.3 is 12.0 Å². The Hall–Kier alpha value is -1.44. The third kappa shape index (κ3) is 2.95. The summed E-state index contributed by atoms with van der Waals surface area (Å²) in [6.07, 6.45) is 2.08. The third-order valence-corrected chi connectivity index (χ3v) is 5.45. The van der Waals surface area contributed by atoms with Crippen LogP contribution < -0.4 is 5.32 Å². The smallest absolute Gasteiger partial charge is 0.327 e. The maximum Gasteiger partial charge on any atom is 0.327 e. The Kier molecular flexibility index (Phi) is 4.97. The highest BCUT2D eigenvalue weighted by molar-refractivity contribution is 8.00. The SMILES string of the molecule is CCC1SCC(C(=O)O)N1C(=O)N1CCCC1C(=O)NC. The minimum atomic E-state index is -0.984. The number of likely N-dealkylation sites (N-methyl/N-ethyl adjacent to an activating group) is 1. The molecule has 0 saturated carbocycles. The van der Waals surface area contributed by atoms with Gasteiger partial charge in [-0.15, -0.1) is 11.8 Å². The number of thioether (sulfide) groups is 1. The maximum absolute atomic E-state index is 12.8. The lowest BCUT2D eigenvalue weighted by atomic mass is 10.2. The van der Waals surface area contributed by atoms with Crippen LogP contribution in [-0.4, -0.2) is 69.6 Å². The molecule has 2 saturated heterocycles. The first-order valence-corrected chi connectivity index (χ1v) is 8.21. The summed E-state index contributed by atoms with van der Waals surface area (Å²) in [7, 11) is 1.55. The predicted octanol–water partition coefficient (Wildman–Crippen LogP) is 0.555. The molecule has 2 fully saturated rings. The van der Waals surface area contributed by atoms with E-state index in [2.05, 4.69) is 5.32 Å². The number of carbonyl (C=O) groups is 3. The summed E-state index contributed by atoms with van der Waals surface area (Å²) in [5, 5.41) is 11.7. The molecule has 21 heavy (non-hydrogen) atoms. The topological polar surface area (TPSA) is 90.0 Å². The van der Waals surface area contributed by atoms with Crippen molar-refractivity contribution in [3.05, 3.63) is 0 Å². The molecule has 0 aliphatic carbocycles. The summed E-state index contributed by atoms with van der Waals surface area (Å²) in [6.45, 7) is 2.43. The number of urea groups is 1. The van der Waals surface area contributed by atoms with Gasteiger partial charge in [-0.3, -0.25) is 9.69 Å². The van der Waals surface area contributed by atoms with E-state index >= 15 is 0 Å². The molecule has 2 rings (SSSR count). The van der Waals surface area contributed by atoms with Crippen molar-refractivity contribution in [1.29, 1.82) is 0 Å². The lowest BCUT2D eigenvalue weighted by Crippen LogP contribution is -2.55. The summed E-state index contributed by atoms with van der Waals surface area (Å²) >= 11 is 1.49. The molecule has 3 unspecified atom stereocenters. The lowest BCUT2D eigenvalue weighted by molar-refractivity contribution is -0.141. The number of nitrogens with one attached hydrogen (secondary N) is 1. The number of carboxylic acid groups (broad SMARTS) is 1. The molecule has 2 N–H and O–H groups in total. The summed E-state index contributed by atoms with van der Waals surface area (Å²) in [4.78, 5) is 38.9. The van der Waals surface area contributed by atoms with E-state index in [1.165, 1.54) is 21.6 Å². The maximum atomic E-state index is 12.8. The zero-order chi connectivity index (χ0) is 15.6. The van der Waals surface area contributed by atoms with Gasteiger partial charge in [0.2, 0.25) is 5.91 Å². The van der Waals surface area contributed by atoms with Crippen LogP contribution in [0.15, 0.2) is 0 Å². The van der Waals surface area contributed by atoms with Crippen LogP contribution in [-0.2, 0) is 9.59 Å². The number of carboxylic acids is 1. The van der Waals surface area contributed by atoms with Gasteiger partial charge in [0.1, 0.15) is 12.1 Å². The normalized spacial score (nSPS) is 28.8. The van der Waals surface area contributed by atoms with Crippen LogP contribution in [0.3, 0.4) is 0 Å². The van der Waals surface area contributed by atoms with Crippen LogP contribution in [0.2, 0.25) is 0 Å². The number of carbonyl (C=O) groups excluding carboxylic acids is 2. The minimum absolute atomic E-state index is 0.135. The van der Waals surface area contributed by atoms with E-state index in [0.717, 1.165) is 6.42 Å². The monoisotopic (exact) mass is 315 g/mol. The van der Waals surface area contributed by atoms with Crippen molar-refractivity contribution in [3.8, 4) is 0 Å². The van der Waals surface area contributed by atoms with E-state index in [0.29, 0.717) is 25.1 Å². The Morgan fingerprint density at radius 2 is 2.05 bits per heavy atom. The lowest BCUT2D eigenvalue weighted by Gasteiger charge is -2.33. The fourth-order valence-corrected chi connectivity index (χ4v) is 4.25. The summed E-state index contributed by atoms with van der Waals surface area (Å²) in [5.41, 5.74) is 0. The van der Waals surface area contributed by atoms with Crippen LogP contribution in [0.25, 0.3) is 0 Å². The molecule has 2 aliphatic heterocycles. The fourth-order valence-electron chi connectivity index (χ4n) is 2.91. The minimum Gasteiger partial charge on any atom is -0.480 e. The molecule has 7 nitrogen and oxygen atoms in total. The number of rotatable bonds is 3. The quantitative estimate of drug-likeness (QED) is 0.794. The highest BCUT2D eigenvalue weighted by atomic mass is 32.2. The van der Waals surface area contributed by atoms with Crippen molar-refractivity contribution < 1.29 is 19.5 Å². The molecule has 0 aromatic heterocycles. The Labute approximate surface area is 128 Å². The van der Waals surface area contributed by atoms with E-state index in [1.807, 2.05) is 6.92 Å². The number of aliphatic carboxylic acids is 1. The van der Waals surface area contributed by atoms with Gasteiger partial charge in [0.25, 0.3) is 0 Å². The second-order valence-electron chi connectivity index (χ2n) is 5.21. The van der Waals surface area contributed by atoms with Crippen molar-refractivity contribution in [2.24, 2.45) is 0 Å². The molecule has 0 spiro atoms. The van der Waals surface area contributed by atoms with Crippen molar-refractivity contribution in [2.45, 2.75) is 43.6 Å². The Bertz CT molecular complexity index is 445. The number of likely N-dealkylation sites (tertiary alicyclic amines) is 1. The number of hydrogen-bond donors (Lipinski definition) is 2. The molecular weight excluding hydrogens is 294 g/mol. The zero-order valence-corrected chi connectivity index (χ0v) is 13.1. The van der Waals surface area contributed by atoms with Crippen LogP contribution in [0.5, 0.6) is 0 Å². The highest BCUT2D eigenvalue weighted by Gasteiger charge is 2.45. The average molecular weight is 315 g/mol.